The van der Waals surface area contributed by atoms with Crippen molar-refractivity contribution in [1.82, 2.24) is 10.2 Å². The molecular weight excluding hydrogens is 585 g/mol. The van der Waals surface area contributed by atoms with E-state index in [4.69, 9.17) is 27.9 Å². The second-order valence-corrected chi connectivity index (χ2v) is 12.3. The van der Waals surface area contributed by atoms with Crippen LogP contribution in [-0.2, 0) is 26.2 Å². The molecule has 0 fully saturated rings. The highest BCUT2D eigenvalue weighted by molar-refractivity contribution is 7.92. The molecule has 0 saturated carbocycles. The van der Waals surface area contributed by atoms with Crippen molar-refractivity contribution in [1.29, 1.82) is 0 Å². The number of sulfonamides is 1. The maximum absolute atomic E-state index is 14.1. The first-order valence-electron chi connectivity index (χ1n) is 13.3. The minimum atomic E-state index is -4.22. The Bertz CT molecular complexity index is 1430. The van der Waals surface area contributed by atoms with Gasteiger partial charge in [-0.2, -0.15) is 0 Å². The van der Waals surface area contributed by atoms with Crippen LogP contribution in [0.3, 0.4) is 0 Å². The number of nitrogens with one attached hydrogen (secondary N) is 1. The van der Waals surface area contributed by atoms with Gasteiger partial charge in [0.05, 0.1) is 17.2 Å². The van der Waals surface area contributed by atoms with Gasteiger partial charge in [-0.3, -0.25) is 13.9 Å². The number of hydrogen-bond acceptors (Lipinski definition) is 5. The van der Waals surface area contributed by atoms with Crippen LogP contribution < -0.4 is 14.4 Å². The molecule has 2 amide bonds. The number of benzene rings is 3. The summed E-state index contributed by atoms with van der Waals surface area (Å²) in [6, 6.07) is 18.2. The van der Waals surface area contributed by atoms with E-state index in [9.17, 15) is 18.0 Å². The number of nitrogens with zero attached hydrogens (tertiary/aromatic N) is 2. The van der Waals surface area contributed by atoms with Crippen molar-refractivity contribution < 1.29 is 22.7 Å². The molecule has 0 aliphatic carbocycles. The van der Waals surface area contributed by atoms with Crippen LogP contribution in [0.15, 0.2) is 77.7 Å². The molecule has 0 spiro atoms. The third kappa shape index (κ3) is 8.38. The maximum atomic E-state index is 14.1. The van der Waals surface area contributed by atoms with Crippen LogP contribution in [0.4, 0.5) is 5.69 Å². The molecule has 3 rings (SSSR count). The van der Waals surface area contributed by atoms with Gasteiger partial charge in [-0.05, 0) is 87.4 Å². The standard InChI is InChI=1S/C30H35Cl2N3O5S/c1-5-28(30(37)33-21(3)4)34(19-22-9-7-8-10-27(22)32)29(36)20-35(24-13-15-25(16-14-24)40-6-2)41(38,39)26-17-11-23(31)12-18-26/h7-18,21,28H,5-6,19-20H2,1-4H3,(H,33,37)/t28-/m0/s1. The number of hydrogen-bond donors (Lipinski definition) is 1. The highest BCUT2D eigenvalue weighted by Gasteiger charge is 2.34. The Hall–Kier alpha value is -3.27. The van der Waals surface area contributed by atoms with E-state index in [0.717, 1.165) is 4.31 Å². The van der Waals surface area contributed by atoms with E-state index in [1.807, 2.05) is 20.8 Å². The third-order valence-corrected chi connectivity index (χ3v) is 8.64. The Balaban J connectivity index is 2.07. The van der Waals surface area contributed by atoms with Gasteiger partial charge in [0.15, 0.2) is 0 Å². The summed E-state index contributed by atoms with van der Waals surface area (Å²) in [5, 5.41) is 3.68. The molecule has 0 aliphatic heterocycles. The topological polar surface area (TPSA) is 96.0 Å². The van der Waals surface area contributed by atoms with Gasteiger partial charge in [-0.25, -0.2) is 8.42 Å². The Labute approximate surface area is 252 Å². The van der Waals surface area contributed by atoms with Gasteiger partial charge >= 0.3 is 0 Å². The molecule has 0 saturated heterocycles. The predicted molar refractivity (Wildman–Crippen MR) is 163 cm³/mol. The van der Waals surface area contributed by atoms with Gasteiger partial charge in [0, 0.05) is 22.6 Å². The van der Waals surface area contributed by atoms with E-state index in [2.05, 4.69) is 5.32 Å². The van der Waals surface area contributed by atoms with Crippen LogP contribution in [-0.4, -0.2) is 50.4 Å². The summed E-state index contributed by atoms with van der Waals surface area (Å²) in [7, 11) is -4.22. The molecule has 41 heavy (non-hydrogen) atoms. The fourth-order valence-corrected chi connectivity index (χ4v) is 5.98. The quantitative estimate of drug-likeness (QED) is 0.256. The zero-order chi connectivity index (χ0) is 30.2. The van der Waals surface area contributed by atoms with Crippen LogP contribution in [0.25, 0.3) is 0 Å². The molecule has 8 nitrogen and oxygen atoms in total. The van der Waals surface area contributed by atoms with Gasteiger partial charge in [-0.15, -0.1) is 0 Å². The zero-order valence-electron chi connectivity index (χ0n) is 23.5. The lowest BCUT2D eigenvalue weighted by molar-refractivity contribution is -0.140. The summed E-state index contributed by atoms with van der Waals surface area (Å²) in [4.78, 5) is 28.7. The molecule has 0 bridgehead atoms. The molecular formula is C30H35Cl2N3O5S. The Morgan fingerprint density at radius 1 is 0.927 bits per heavy atom. The van der Waals surface area contributed by atoms with Crippen LogP contribution >= 0.6 is 23.2 Å². The second-order valence-electron chi connectivity index (χ2n) is 9.59. The largest absolute Gasteiger partial charge is 0.494 e. The summed E-state index contributed by atoms with van der Waals surface area (Å²) in [5.74, 6) is -0.346. The molecule has 1 atom stereocenters. The van der Waals surface area contributed by atoms with E-state index in [1.54, 1.807) is 55.5 Å². The fraction of sp³-hybridized carbons (Fsp3) is 0.333. The van der Waals surface area contributed by atoms with Crippen LogP contribution in [0, 0.1) is 0 Å². The fourth-order valence-electron chi connectivity index (χ4n) is 4.25. The molecule has 3 aromatic rings. The van der Waals surface area contributed by atoms with Crippen molar-refractivity contribution in [3.8, 4) is 5.75 Å². The molecule has 0 radical (unpaired) electrons. The summed E-state index contributed by atoms with van der Waals surface area (Å²) in [5.41, 5.74) is 0.889. The normalized spacial score (nSPS) is 12.1. The van der Waals surface area contributed by atoms with E-state index in [0.29, 0.717) is 34.4 Å². The summed E-state index contributed by atoms with van der Waals surface area (Å²) in [6.07, 6.45) is 0.307. The number of halogens is 2. The first-order valence-corrected chi connectivity index (χ1v) is 15.5. The molecule has 11 heteroatoms. The first kappa shape index (κ1) is 32.2. The van der Waals surface area contributed by atoms with E-state index in [-0.39, 0.29) is 29.1 Å². The van der Waals surface area contributed by atoms with Crippen LogP contribution in [0.2, 0.25) is 10.0 Å². The monoisotopic (exact) mass is 619 g/mol. The average molecular weight is 621 g/mol. The SMILES string of the molecule is CCOc1ccc(N(CC(=O)N(Cc2ccccc2Cl)[C@@H](CC)C(=O)NC(C)C)S(=O)(=O)c2ccc(Cl)cc2)cc1. The number of amides is 2. The summed E-state index contributed by atoms with van der Waals surface area (Å²) < 4.78 is 34.4. The number of ether oxygens (including phenoxy) is 1. The molecule has 220 valence electrons. The Morgan fingerprint density at radius 3 is 2.12 bits per heavy atom. The number of anilines is 1. The van der Waals surface area contributed by atoms with E-state index >= 15 is 0 Å². The third-order valence-electron chi connectivity index (χ3n) is 6.23. The average Bonchev–Trinajstić information content (AvgIpc) is 2.93. The lowest BCUT2D eigenvalue weighted by atomic mass is 10.1. The van der Waals surface area contributed by atoms with Gasteiger partial charge in [0.25, 0.3) is 10.0 Å². The summed E-state index contributed by atoms with van der Waals surface area (Å²) in [6.45, 7) is 7.20. The van der Waals surface area contributed by atoms with Crippen molar-refractivity contribution in [3.63, 3.8) is 0 Å². The molecule has 1 N–H and O–H groups in total. The first-order chi connectivity index (χ1) is 19.5. The predicted octanol–water partition coefficient (Wildman–Crippen LogP) is 5.92. The number of carbonyl (C=O) groups is 2. The van der Waals surface area contributed by atoms with Crippen molar-refractivity contribution in [2.75, 3.05) is 17.5 Å². The molecule has 0 heterocycles. The number of carbonyl (C=O) groups excluding carboxylic acids is 2. The maximum Gasteiger partial charge on any atom is 0.264 e. The van der Waals surface area contributed by atoms with E-state index in [1.165, 1.54) is 29.2 Å². The van der Waals surface area contributed by atoms with Gasteiger partial charge < -0.3 is 15.0 Å². The molecule has 0 aromatic heterocycles. The molecule has 0 unspecified atom stereocenters. The van der Waals surface area contributed by atoms with Crippen LogP contribution in [0.1, 0.15) is 39.7 Å². The Morgan fingerprint density at radius 2 is 1.56 bits per heavy atom. The highest BCUT2D eigenvalue weighted by atomic mass is 35.5. The zero-order valence-corrected chi connectivity index (χ0v) is 25.8. The van der Waals surface area contributed by atoms with Gasteiger partial charge in [-0.1, -0.05) is 48.3 Å². The molecule has 3 aromatic carbocycles. The number of rotatable bonds is 13. The van der Waals surface area contributed by atoms with Crippen molar-refractivity contribution in [2.45, 2.75) is 57.6 Å². The smallest absolute Gasteiger partial charge is 0.264 e. The Kier molecular flexibility index (Phi) is 11.5. The second kappa shape index (κ2) is 14.6. The summed E-state index contributed by atoms with van der Waals surface area (Å²) >= 11 is 12.4. The van der Waals surface area contributed by atoms with Crippen molar-refractivity contribution in [2.24, 2.45) is 0 Å². The lowest BCUT2D eigenvalue weighted by Crippen LogP contribution is -2.53. The van der Waals surface area contributed by atoms with Crippen molar-refractivity contribution >= 4 is 50.7 Å². The van der Waals surface area contributed by atoms with E-state index < -0.39 is 28.5 Å². The van der Waals surface area contributed by atoms with Crippen LogP contribution in [0.5, 0.6) is 5.75 Å². The highest BCUT2D eigenvalue weighted by Crippen LogP contribution is 2.28. The lowest BCUT2D eigenvalue weighted by Gasteiger charge is -2.33. The minimum Gasteiger partial charge on any atom is -0.494 e. The van der Waals surface area contributed by atoms with Crippen molar-refractivity contribution in [3.05, 3.63) is 88.4 Å². The molecule has 0 aliphatic rings. The minimum absolute atomic E-state index is 0.0145. The van der Waals surface area contributed by atoms with Gasteiger partial charge in [0.2, 0.25) is 11.8 Å². The van der Waals surface area contributed by atoms with Gasteiger partial charge in [0.1, 0.15) is 18.3 Å².